The molecule has 0 spiro atoms. The molecule has 0 aliphatic heterocycles. The number of thiazole rings is 1. The summed E-state index contributed by atoms with van der Waals surface area (Å²) >= 11 is 1.52. The van der Waals surface area contributed by atoms with Crippen LogP contribution in [0, 0.1) is 11.3 Å². The van der Waals surface area contributed by atoms with E-state index < -0.39 is 0 Å². The molecule has 3 nitrogen and oxygen atoms in total. The fourth-order valence-corrected chi connectivity index (χ4v) is 2.32. The lowest BCUT2D eigenvalue weighted by Crippen LogP contribution is -2.20. The second-order valence-electron chi connectivity index (χ2n) is 4.44. The van der Waals surface area contributed by atoms with Gasteiger partial charge in [-0.1, -0.05) is 25.2 Å². The van der Waals surface area contributed by atoms with Gasteiger partial charge in [-0.3, -0.25) is 0 Å². The van der Waals surface area contributed by atoms with Crippen molar-refractivity contribution in [3.63, 3.8) is 0 Å². The highest BCUT2D eigenvalue weighted by molar-refractivity contribution is 7.19. The molecule has 0 atom stereocenters. The molecular weight excluding hydrogens is 194 g/mol. The Morgan fingerprint density at radius 1 is 1.64 bits per heavy atom. The molecule has 1 aliphatic rings. The highest BCUT2D eigenvalue weighted by atomic mass is 32.1. The third kappa shape index (κ3) is 1.85. The van der Waals surface area contributed by atoms with Crippen LogP contribution in [0.5, 0.6) is 0 Å². The van der Waals surface area contributed by atoms with Crippen LogP contribution in [0.1, 0.15) is 26.7 Å². The average molecular weight is 211 g/mol. The Kier molecular flexibility index (Phi) is 2.39. The first-order valence-electron chi connectivity index (χ1n) is 5.07. The van der Waals surface area contributed by atoms with Crippen LogP contribution in [-0.4, -0.2) is 11.5 Å². The number of nitrogens with zero attached hydrogens (tertiary/aromatic N) is 1. The Morgan fingerprint density at radius 3 is 2.79 bits per heavy atom. The van der Waals surface area contributed by atoms with Crippen LogP contribution >= 0.6 is 11.3 Å². The smallest absolute Gasteiger partial charge is 0.184 e. The van der Waals surface area contributed by atoms with Crippen molar-refractivity contribution in [2.75, 3.05) is 17.6 Å². The second kappa shape index (κ2) is 3.42. The van der Waals surface area contributed by atoms with E-state index in [9.17, 15) is 0 Å². The Balaban J connectivity index is 1.89. The van der Waals surface area contributed by atoms with E-state index >= 15 is 0 Å². The molecule has 0 bridgehead atoms. The molecule has 0 unspecified atom stereocenters. The van der Waals surface area contributed by atoms with E-state index in [4.69, 9.17) is 5.73 Å². The van der Waals surface area contributed by atoms with Crippen LogP contribution < -0.4 is 11.1 Å². The quantitative estimate of drug-likeness (QED) is 0.804. The van der Waals surface area contributed by atoms with Gasteiger partial charge in [0.05, 0.1) is 6.20 Å². The Bertz CT molecular complexity index is 315. The summed E-state index contributed by atoms with van der Waals surface area (Å²) in [5.41, 5.74) is 6.14. The standard InChI is InChI=1S/C10H17N3S/c1-7(2)10(3-4-10)6-13-9-12-5-8(11)14-9/h5,7H,3-4,6,11H2,1-2H3,(H,12,13). The van der Waals surface area contributed by atoms with Gasteiger partial charge in [0.1, 0.15) is 5.00 Å². The number of hydrogen-bond donors (Lipinski definition) is 2. The van der Waals surface area contributed by atoms with Gasteiger partial charge in [-0.25, -0.2) is 4.98 Å². The highest BCUT2D eigenvalue weighted by Gasteiger charge is 2.44. The van der Waals surface area contributed by atoms with Crippen molar-refractivity contribution in [3.05, 3.63) is 6.20 Å². The Morgan fingerprint density at radius 2 is 2.36 bits per heavy atom. The second-order valence-corrected chi connectivity index (χ2v) is 5.50. The van der Waals surface area contributed by atoms with E-state index in [1.54, 1.807) is 6.20 Å². The van der Waals surface area contributed by atoms with Crippen LogP contribution in [0.4, 0.5) is 10.1 Å². The minimum Gasteiger partial charge on any atom is -0.389 e. The SMILES string of the molecule is CC(C)C1(CNc2ncc(N)s2)CC1. The summed E-state index contributed by atoms with van der Waals surface area (Å²) in [5.74, 6) is 0.757. The van der Waals surface area contributed by atoms with E-state index in [1.165, 1.54) is 24.2 Å². The molecule has 1 saturated carbocycles. The lowest BCUT2D eigenvalue weighted by molar-refractivity contribution is 0.380. The molecule has 2 rings (SSSR count). The third-order valence-corrected chi connectivity index (χ3v) is 4.02. The number of hydrogen-bond acceptors (Lipinski definition) is 4. The number of aromatic nitrogens is 1. The van der Waals surface area contributed by atoms with E-state index in [0.29, 0.717) is 5.41 Å². The zero-order valence-corrected chi connectivity index (χ0v) is 9.53. The van der Waals surface area contributed by atoms with Crippen molar-refractivity contribution in [2.24, 2.45) is 11.3 Å². The molecule has 0 amide bonds. The highest BCUT2D eigenvalue weighted by Crippen LogP contribution is 2.51. The van der Waals surface area contributed by atoms with Gasteiger partial charge in [0, 0.05) is 6.54 Å². The van der Waals surface area contributed by atoms with Gasteiger partial charge in [0.2, 0.25) is 0 Å². The molecule has 78 valence electrons. The maximum absolute atomic E-state index is 5.61. The lowest BCUT2D eigenvalue weighted by atomic mass is 9.92. The fraction of sp³-hybridized carbons (Fsp3) is 0.700. The molecule has 0 aromatic carbocycles. The minimum absolute atomic E-state index is 0.528. The number of nitrogens with one attached hydrogen (secondary N) is 1. The molecule has 4 heteroatoms. The number of nitrogens with two attached hydrogens (primary N) is 1. The van der Waals surface area contributed by atoms with Crippen molar-refractivity contribution in [2.45, 2.75) is 26.7 Å². The first-order valence-corrected chi connectivity index (χ1v) is 5.89. The van der Waals surface area contributed by atoms with Crippen molar-refractivity contribution in [1.29, 1.82) is 0 Å². The van der Waals surface area contributed by atoms with Crippen LogP contribution in [0.15, 0.2) is 6.20 Å². The van der Waals surface area contributed by atoms with Crippen molar-refractivity contribution < 1.29 is 0 Å². The van der Waals surface area contributed by atoms with E-state index in [2.05, 4.69) is 24.1 Å². The summed E-state index contributed by atoms with van der Waals surface area (Å²) in [6.07, 6.45) is 4.40. The molecule has 1 aromatic rings. The summed E-state index contributed by atoms with van der Waals surface area (Å²) in [6, 6.07) is 0. The van der Waals surface area contributed by atoms with Crippen LogP contribution in [0.25, 0.3) is 0 Å². The summed E-state index contributed by atoms with van der Waals surface area (Å²) in [6.45, 7) is 5.63. The van der Waals surface area contributed by atoms with Crippen molar-refractivity contribution in [3.8, 4) is 0 Å². The summed E-state index contributed by atoms with van der Waals surface area (Å²) < 4.78 is 0. The molecule has 0 radical (unpaired) electrons. The number of rotatable bonds is 4. The van der Waals surface area contributed by atoms with Crippen LogP contribution in [0.2, 0.25) is 0 Å². The normalized spacial score (nSPS) is 18.5. The molecule has 0 saturated heterocycles. The van der Waals surface area contributed by atoms with Crippen LogP contribution in [-0.2, 0) is 0 Å². The van der Waals surface area contributed by atoms with Gasteiger partial charge in [-0.2, -0.15) is 0 Å². The van der Waals surface area contributed by atoms with E-state index in [1.807, 2.05) is 0 Å². The summed E-state index contributed by atoms with van der Waals surface area (Å²) in [7, 11) is 0. The predicted octanol–water partition coefficient (Wildman–Crippen LogP) is 2.57. The zero-order chi connectivity index (χ0) is 10.2. The van der Waals surface area contributed by atoms with E-state index in [0.717, 1.165) is 22.6 Å². The molecule has 1 aromatic heterocycles. The average Bonchev–Trinajstić information content (AvgIpc) is 2.82. The summed E-state index contributed by atoms with van der Waals surface area (Å²) in [5, 5.41) is 5.11. The lowest BCUT2D eigenvalue weighted by Gasteiger charge is -2.19. The maximum Gasteiger partial charge on any atom is 0.184 e. The topological polar surface area (TPSA) is 50.9 Å². The van der Waals surface area contributed by atoms with Gasteiger partial charge >= 0.3 is 0 Å². The van der Waals surface area contributed by atoms with Crippen molar-refractivity contribution in [1.82, 2.24) is 4.98 Å². The molecule has 1 heterocycles. The molecule has 14 heavy (non-hydrogen) atoms. The molecular formula is C10H17N3S. The van der Waals surface area contributed by atoms with Crippen molar-refractivity contribution >= 4 is 21.5 Å². The zero-order valence-electron chi connectivity index (χ0n) is 8.71. The van der Waals surface area contributed by atoms with Crippen LogP contribution in [0.3, 0.4) is 0 Å². The minimum atomic E-state index is 0.528. The fourth-order valence-electron chi connectivity index (χ4n) is 1.74. The van der Waals surface area contributed by atoms with Gasteiger partial charge < -0.3 is 11.1 Å². The first-order chi connectivity index (χ1) is 6.62. The Labute approximate surface area is 88.7 Å². The molecule has 3 N–H and O–H groups in total. The molecule has 1 fully saturated rings. The third-order valence-electron chi connectivity index (χ3n) is 3.23. The van der Waals surface area contributed by atoms with E-state index in [-0.39, 0.29) is 0 Å². The first kappa shape index (κ1) is 9.77. The largest absolute Gasteiger partial charge is 0.389 e. The Hall–Kier alpha value is -0.770. The number of anilines is 2. The maximum atomic E-state index is 5.61. The summed E-state index contributed by atoms with van der Waals surface area (Å²) in [4.78, 5) is 4.19. The monoisotopic (exact) mass is 211 g/mol. The number of nitrogen functional groups attached to an aromatic ring is 1. The van der Waals surface area contributed by atoms with Gasteiger partial charge in [-0.05, 0) is 24.2 Å². The van der Waals surface area contributed by atoms with Gasteiger partial charge in [0.15, 0.2) is 5.13 Å². The van der Waals surface area contributed by atoms with Gasteiger partial charge in [-0.15, -0.1) is 0 Å². The van der Waals surface area contributed by atoms with Gasteiger partial charge in [0.25, 0.3) is 0 Å². The predicted molar refractivity (Wildman–Crippen MR) is 61.5 cm³/mol. The molecule has 1 aliphatic carbocycles.